The zero-order valence-corrected chi connectivity index (χ0v) is 18.0. The second kappa shape index (κ2) is 7.67. The van der Waals surface area contributed by atoms with E-state index >= 15 is 0 Å². The Bertz CT molecular complexity index is 1180. The fourth-order valence-electron chi connectivity index (χ4n) is 4.75. The number of aromatic nitrogens is 5. The van der Waals surface area contributed by atoms with Crippen molar-refractivity contribution in [3.63, 3.8) is 0 Å². The maximum atomic E-state index is 5.68. The van der Waals surface area contributed by atoms with Crippen molar-refractivity contribution in [2.75, 3.05) is 25.2 Å². The standard InChI is InChI=1S/C22H23N7OS/c1-29(16-6-14-10-30-11-15(7-16)26-14)20-5-4-19(27-28-20)18-3-2-17(13-8-24-25-9-13)21-22(18)31-12-23-21/h2-5,8-9,12,14-16,26H,6-7,10-11H2,1H3,(H,24,25)/t14-,15+,16?. The lowest BCUT2D eigenvalue weighted by Crippen LogP contribution is -2.58. The van der Waals surface area contributed by atoms with E-state index < -0.39 is 0 Å². The molecule has 0 spiro atoms. The van der Waals surface area contributed by atoms with Crippen molar-refractivity contribution in [2.45, 2.75) is 31.0 Å². The van der Waals surface area contributed by atoms with Gasteiger partial charge in [0, 0.05) is 48.1 Å². The number of benzene rings is 1. The Morgan fingerprint density at radius 3 is 2.65 bits per heavy atom. The molecule has 0 saturated carbocycles. The molecule has 1 unspecified atom stereocenters. The van der Waals surface area contributed by atoms with E-state index in [1.165, 1.54) is 0 Å². The summed E-state index contributed by atoms with van der Waals surface area (Å²) in [6.07, 6.45) is 5.83. The van der Waals surface area contributed by atoms with Gasteiger partial charge in [0.05, 0.1) is 40.8 Å². The van der Waals surface area contributed by atoms with Crippen LogP contribution in [0.5, 0.6) is 0 Å². The number of piperidine rings is 1. The highest BCUT2D eigenvalue weighted by molar-refractivity contribution is 7.17. The molecule has 2 fully saturated rings. The van der Waals surface area contributed by atoms with Crippen molar-refractivity contribution in [1.82, 2.24) is 30.7 Å². The van der Waals surface area contributed by atoms with E-state index in [-0.39, 0.29) is 0 Å². The smallest absolute Gasteiger partial charge is 0.151 e. The van der Waals surface area contributed by atoms with E-state index in [1.54, 1.807) is 11.3 Å². The number of thiazole rings is 1. The van der Waals surface area contributed by atoms with Crippen molar-refractivity contribution >= 4 is 27.4 Å². The van der Waals surface area contributed by atoms with Crippen molar-refractivity contribution in [3.05, 3.63) is 42.2 Å². The fourth-order valence-corrected chi connectivity index (χ4v) is 5.59. The largest absolute Gasteiger partial charge is 0.378 e. The molecule has 8 nitrogen and oxygen atoms in total. The molecule has 0 radical (unpaired) electrons. The number of ether oxygens (including phenoxy) is 1. The first-order valence-electron chi connectivity index (χ1n) is 10.5. The molecule has 2 bridgehead atoms. The lowest BCUT2D eigenvalue weighted by atomic mass is 9.92. The first-order valence-corrected chi connectivity index (χ1v) is 11.4. The van der Waals surface area contributed by atoms with Crippen LogP contribution in [-0.2, 0) is 4.74 Å². The molecular weight excluding hydrogens is 410 g/mol. The number of nitrogens with zero attached hydrogens (tertiary/aromatic N) is 5. The van der Waals surface area contributed by atoms with Crippen LogP contribution in [0.15, 0.2) is 42.2 Å². The lowest BCUT2D eigenvalue weighted by molar-refractivity contribution is 0.0183. The van der Waals surface area contributed by atoms with Gasteiger partial charge in [0.2, 0.25) is 0 Å². The molecule has 2 N–H and O–H groups in total. The van der Waals surface area contributed by atoms with Gasteiger partial charge in [-0.25, -0.2) is 4.98 Å². The Morgan fingerprint density at radius 1 is 1.06 bits per heavy atom. The summed E-state index contributed by atoms with van der Waals surface area (Å²) in [4.78, 5) is 6.87. The number of aromatic amines is 1. The minimum absolute atomic E-state index is 0.431. The Labute approximate surface area is 183 Å². The molecule has 31 heavy (non-hydrogen) atoms. The molecule has 2 aliphatic rings. The van der Waals surface area contributed by atoms with Crippen LogP contribution >= 0.6 is 11.3 Å². The molecule has 2 saturated heterocycles. The molecule has 5 heterocycles. The van der Waals surface area contributed by atoms with Gasteiger partial charge < -0.3 is 15.0 Å². The monoisotopic (exact) mass is 433 g/mol. The zero-order valence-electron chi connectivity index (χ0n) is 17.2. The lowest BCUT2D eigenvalue weighted by Gasteiger charge is -2.43. The Balaban J connectivity index is 1.28. The average molecular weight is 434 g/mol. The summed E-state index contributed by atoms with van der Waals surface area (Å²) in [6.45, 7) is 1.59. The summed E-state index contributed by atoms with van der Waals surface area (Å²) in [6, 6.07) is 9.64. The number of hydrogen-bond donors (Lipinski definition) is 2. The summed E-state index contributed by atoms with van der Waals surface area (Å²) in [5.41, 5.74) is 6.86. The number of rotatable bonds is 4. The quantitative estimate of drug-likeness (QED) is 0.511. The van der Waals surface area contributed by atoms with Crippen LogP contribution in [0.25, 0.3) is 32.6 Å². The number of nitrogens with one attached hydrogen (secondary N) is 2. The van der Waals surface area contributed by atoms with Crippen molar-refractivity contribution < 1.29 is 4.74 Å². The van der Waals surface area contributed by atoms with E-state index in [1.807, 2.05) is 17.9 Å². The van der Waals surface area contributed by atoms with Crippen LogP contribution in [0.2, 0.25) is 0 Å². The number of morpholine rings is 1. The molecule has 6 rings (SSSR count). The number of anilines is 1. The van der Waals surface area contributed by atoms with Crippen molar-refractivity contribution in [2.24, 2.45) is 0 Å². The molecule has 9 heteroatoms. The SMILES string of the molecule is CN(c1ccc(-c2ccc(-c3cn[nH]c3)c3ncsc23)nn1)C1C[C@H]2COC[C@@H](C1)N2. The van der Waals surface area contributed by atoms with Gasteiger partial charge in [0.1, 0.15) is 0 Å². The highest BCUT2D eigenvalue weighted by atomic mass is 32.1. The molecule has 1 aromatic carbocycles. The normalized spacial score (nSPS) is 23.2. The minimum Gasteiger partial charge on any atom is -0.378 e. The third kappa shape index (κ3) is 3.38. The maximum absolute atomic E-state index is 5.68. The number of fused-ring (bicyclic) bond motifs is 3. The number of H-pyrrole nitrogens is 1. The molecule has 2 aliphatic heterocycles. The van der Waals surface area contributed by atoms with Crippen LogP contribution in [-0.4, -0.2) is 63.8 Å². The minimum atomic E-state index is 0.431. The van der Waals surface area contributed by atoms with Crippen LogP contribution in [0.3, 0.4) is 0 Å². The van der Waals surface area contributed by atoms with Gasteiger partial charge in [0.25, 0.3) is 0 Å². The molecule has 3 aromatic heterocycles. The van der Waals surface area contributed by atoms with Crippen LogP contribution in [0, 0.1) is 0 Å². The van der Waals surface area contributed by atoms with Gasteiger partial charge in [-0.1, -0.05) is 12.1 Å². The van der Waals surface area contributed by atoms with E-state index in [0.717, 1.165) is 64.5 Å². The van der Waals surface area contributed by atoms with Gasteiger partial charge in [-0.2, -0.15) is 5.10 Å². The third-order valence-corrected chi connectivity index (χ3v) is 7.21. The van der Waals surface area contributed by atoms with Gasteiger partial charge in [-0.05, 0) is 25.0 Å². The third-order valence-electron chi connectivity index (χ3n) is 6.35. The Kier molecular flexibility index (Phi) is 4.66. The highest BCUT2D eigenvalue weighted by Gasteiger charge is 2.34. The van der Waals surface area contributed by atoms with E-state index in [4.69, 9.17) is 4.74 Å². The summed E-state index contributed by atoms with van der Waals surface area (Å²) < 4.78 is 6.79. The first-order chi connectivity index (χ1) is 15.3. The summed E-state index contributed by atoms with van der Waals surface area (Å²) >= 11 is 1.62. The zero-order chi connectivity index (χ0) is 20.8. The van der Waals surface area contributed by atoms with Crippen LogP contribution < -0.4 is 10.2 Å². The summed E-state index contributed by atoms with van der Waals surface area (Å²) in [5.74, 6) is 0.908. The fraction of sp³-hybridized carbons (Fsp3) is 0.364. The van der Waals surface area contributed by atoms with Gasteiger partial charge in [-0.15, -0.1) is 21.5 Å². The van der Waals surface area contributed by atoms with Gasteiger partial charge >= 0.3 is 0 Å². The Morgan fingerprint density at radius 2 is 1.90 bits per heavy atom. The second-order valence-electron chi connectivity index (χ2n) is 8.29. The molecule has 3 atom stereocenters. The Hall–Kier alpha value is -2.88. The summed E-state index contributed by atoms with van der Waals surface area (Å²) in [5, 5.41) is 19.8. The van der Waals surface area contributed by atoms with Gasteiger partial charge in [-0.3, -0.25) is 5.10 Å². The topological polar surface area (TPSA) is 91.9 Å². The van der Waals surface area contributed by atoms with Gasteiger partial charge in [0.15, 0.2) is 5.82 Å². The molecule has 0 amide bonds. The van der Waals surface area contributed by atoms with Crippen molar-refractivity contribution in [1.29, 1.82) is 0 Å². The van der Waals surface area contributed by atoms with E-state index in [2.05, 4.69) is 66.9 Å². The molecule has 158 valence electrons. The van der Waals surface area contributed by atoms with Crippen LogP contribution in [0.4, 0.5) is 5.82 Å². The summed E-state index contributed by atoms with van der Waals surface area (Å²) in [7, 11) is 2.12. The van der Waals surface area contributed by atoms with E-state index in [0.29, 0.717) is 18.1 Å². The molecule has 4 aromatic rings. The van der Waals surface area contributed by atoms with E-state index in [9.17, 15) is 0 Å². The molecular formula is C22H23N7OS. The second-order valence-corrected chi connectivity index (χ2v) is 9.14. The highest BCUT2D eigenvalue weighted by Crippen LogP contribution is 2.36. The maximum Gasteiger partial charge on any atom is 0.151 e. The first kappa shape index (κ1) is 18.9. The van der Waals surface area contributed by atoms with Crippen LogP contribution in [0.1, 0.15) is 12.8 Å². The van der Waals surface area contributed by atoms with Crippen molar-refractivity contribution in [3.8, 4) is 22.4 Å². The molecule has 0 aliphatic carbocycles. The predicted octanol–water partition coefficient (Wildman–Crippen LogP) is 3.10. The predicted molar refractivity (Wildman–Crippen MR) is 121 cm³/mol. The number of hydrogen-bond acceptors (Lipinski definition) is 8. The average Bonchev–Trinajstić information content (AvgIpc) is 3.50.